The number of esters is 1. The van der Waals surface area contributed by atoms with Crippen LogP contribution in [0, 0.1) is 0 Å². The molecule has 1 rings (SSSR count). The van der Waals surface area contributed by atoms with Crippen molar-refractivity contribution in [3.8, 4) is 0 Å². The highest BCUT2D eigenvalue weighted by molar-refractivity contribution is 7.91. The lowest BCUT2D eigenvalue weighted by Crippen LogP contribution is -2.58. The van der Waals surface area contributed by atoms with Gasteiger partial charge in [-0.3, -0.25) is 4.79 Å². The summed E-state index contributed by atoms with van der Waals surface area (Å²) in [5, 5.41) is 3.24. The molecule has 0 saturated carbocycles. The first-order valence-electron chi connectivity index (χ1n) is 7.15. The molecule has 0 unspecified atom stereocenters. The van der Waals surface area contributed by atoms with E-state index in [1.54, 1.807) is 0 Å². The number of likely N-dealkylation sites (N-methyl/N-ethyl adjacent to an activating group) is 1. The number of carbonyl (C=O) groups is 1. The minimum absolute atomic E-state index is 0.0420. The fourth-order valence-electron chi connectivity index (χ4n) is 2.53. The highest BCUT2D eigenvalue weighted by Crippen LogP contribution is 2.25. The molecule has 0 radical (unpaired) electrons. The van der Waals surface area contributed by atoms with Gasteiger partial charge in [0.15, 0.2) is 0 Å². The van der Waals surface area contributed by atoms with Crippen LogP contribution in [0.5, 0.6) is 0 Å². The number of hydrogen-bond acceptors (Lipinski definition) is 6. The number of ether oxygens (including phenoxy) is 1. The van der Waals surface area contributed by atoms with Crippen molar-refractivity contribution in [3.05, 3.63) is 0 Å². The quantitative estimate of drug-likeness (QED) is 0.669. The summed E-state index contributed by atoms with van der Waals surface area (Å²) < 4.78 is 27.9. The molecular formula is C13H26N2O4S. The summed E-state index contributed by atoms with van der Waals surface area (Å²) in [6.07, 6.45) is 0.584. The Morgan fingerprint density at radius 2 is 1.80 bits per heavy atom. The first-order valence-corrected chi connectivity index (χ1v) is 8.97. The first-order chi connectivity index (χ1) is 9.39. The topological polar surface area (TPSA) is 75.7 Å². The molecule has 0 atom stereocenters. The van der Waals surface area contributed by atoms with E-state index in [0.29, 0.717) is 19.4 Å². The van der Waals surface area contributed by atoms with Gasteiger partial charge in [-0.05, 0) is 25.9 Å². The Labute approximate surface area is 121 Å². The predicted molar refractivity (Wildman–Crippen MR) is 78.4 cm³/mol. The van der Waals surface area contributed by atoms with Gasteiger partial charge in [-0.15, -0.1) is 0 Å². The standard InChI is InChI=1S/C13H26N2O4S/c1-4-15(5-2)9-8-14-13(12(16)19-3)6-10-20(17,18)11-7-13/h14H,4-11H2,1-3H3. The molecule has 1 saturated heterocycles. The Balaban J connectivity index is 2.64. The number of methoxy groups -OCH3 is 1. The normalized spacial score (nSPS) is 20.8. The minimum Gasteiger partial charge on any atom is -0.468 e. The number of nitrogens with one attached hydrogen (secondary N) is 1. The van der Waals surface area contributed by atoms with Crippen molar-refractivity contribution in [1.82, 2.24) is 10.2 Å². The van der Waals surface area contributed by atoms with Crippen molar-refractivity contribution in [2.75, 3.05) is 44.8 Å². The lowest BCUT2D eigenvalue weighted by molar-refractivity contribution is -0.149. The van der Waals surface area contributed by atoms with Crippen LogP contribution in [-0.2, 0) is 19.4 Å². The summed E-state index contributed by atoms with van der Waals surface area (Å²) in [6, 6.07) is 0. The van der Waals surface area contributed by atoms with Crippen molar-refractivity contribution in [2.45, 2.75) is 32.2 Å². The summed E-state index contributed by atoms with van der Waals surface area (Å²) in [6.45, 7) is 7.57. The molecule has 1 heterocycles. The summed E-state index contributed by atoms with van der Waals surface area (Å²) in [4.78, 5) is 14.3. The van der Waals surface area contributed by atoms with Gasteiger partial charge >= 0.3 is 5.97 Å². The molecule has 1 aliphatic rings. The van der Waals surface area contributed by atoms with Gasteiger partial charge < -0.3 is 15.0 Å². The van der Waals surface area contributed by atoms with E-state index in [4.69, 9.17) is 4.74 Å². The average molecular weight is 306 g/mol. The highest BCUT2D eigenvalue weighted by Gasteiger charge is 2.44. The van der Waals surface area contributed by atoms with Crippen molar-refractivity contribution >= 4 is 15.8 Å². The van der Waals surface area contributed by atoms with E-state index < -0.39 is 15.4 Å². The van der Waals surface area contributed by atoms with E-state index in [-0.39, 0.29) is 17.5 Å². The van der Waals surface area contributed by atoms with Gasteiger partial charge in [-0.25, -0.2) is 8.42 Å². The SMILES string of the molecule is CCN(CC)CCNC1(C(=O)OC)CCS(=O)(=O)CC1. The largest absolute Gasteiger partial charge is 0.468 e. The van der Waals surface area contributed by atoms with E-state index in [9.17, 15) is 13.2 Å². The Bertz CT molecular complexity index is 404. The molecule has 1 N–H and O–H groups in total. The van der Waals surface area contributed by atoms with E-state index >= 15 is 0 Å². The fraction of sp³-hybridized carbons (Fsp3) is 0.923. The van der Waals surface area contributed by atoms with Crippen molar-refractivity contribution in [2.24, 2.45) is 0 Å². The van der Waals surface area contributed by atoms with E-state index in [1.807, 2.05) is 0 Å². The zero-order valence-electron chi connectivity index (χ0n) is 12.6. The van der Waals surface area contributed by atoms with Crippen LogP contribution in [0.2, 0.25) is 0 Å². The molecule has 0 aromatic carbocycles. The molecule has 6 nitrogen and oxygen atoms in total. The number of rotatable bonds is 7. The van der Waals surface area contributed by atoms with E-state index in [1.165, 1.54) is 7.11 Å². The van der Waals surface area contributed by atoms with Crippen LogP contribution in [0.15, 0.2) is 0 Å². The Kier molecular flexibility index (Phi) is 6.42. The second-order valence-electron chi connectivity index (χ2n) is 5.18. The third-order valence-electron chi connectivity index (χ3n) is 4.04. The van der Waals surface area contributed by atoms with Crippen LogP contribution in [0.25, 0.3) is 0 Å². The van der Waals surface area contributed by atoms with Gasteiger partial charge in [0.1, 0.15) is 15.4 Å². The molecule has 7 heteroatoms. The van der Waals surface area contributed by atoms with Gasteiger partial charge in [0.2, 0.25) is 0 Å². The van der Waals surface area contributed by atoms with Crippen LogP contribution >= 0.6 is 0 Å². The van der Waals surface area contributed by atoms with E-state index in [2.05, 4.69) is 24.1 Å². The number of hydrogen-bond donors (Lipinski definition) is 1. The monoisotopic (exact) mass is 306 g/mol. The van der Waals surface area contributed by atoms with E-state index in [0.717, 1.165) is 19.6 Å². The zero-order chi connectivity index (χ0) is 15.2. The summed E-state index contributed by atoms with van der Waals surface area (Å²) in [5.74, 6) is -0.271. The summed E-state index contributed by atoms with van der Waals surface area (Å²) >= 11 is 0. The predicted octanol–water partition coefficient (Wildman–Crippen LogP) is 0.0382. The number of carbonyl (C=O) groups excluding carboxylic acids is 1. The molecular weight excluding hydrogens is 280 g/mol. The minimum atomic E-state index is -3.00. The number of nitrogens with zero attached hydrogens (tertiary/aromatic N) is 1. The summed E-state index contributed by atoms with van der Waals surface area (Å²) in [7, 11) is -1.66. The van der Waals surface area contributed by atoms with Crippen LogP contribution in [-0.4, -0.2) is 69.6 Å². The van der Waals surface area contributed by atoms with Gasteiger partial charge in [-0.2, -0.15) is 0 Å². The smallest absolute Gasteiger partial charge is 0.326 e. The van der Waals surface area contributed by atoms with Gasteiger partial charge in [0, 0.05) is 13.1 Å². The third-order valence-corrected chi connectivity index (χ3v) is 5.69. The molecule has 0 bridgehead atoms. The molecule has 118 valence electrons. The van der Waals surface area contributed by atoms with Crippen LogP contribution in [0.4, 0.5) is 0 Å². The second-order valence-corrected chi connectivity index (χ2v) is 7.48. The van der Waals surface area contributed by atoms with Gasteiger partial charge in [0.25, 0.3) is 0 Å². The van der Waals surface area contributed by atoms with Crippen molar-refractivity contribution in [1.29, 1.82) is 0 Å². The maximum absolute atomic E-state index is 12.0. The van der Waals surface area contributed by atoms with Crippen molar-refractivity contribution < 1.29 is 17.9 Å². The lowest BCUT2D eigenvalue weighted by atomic mass is 9.92. The molecule has 1 aliphatic heterocycles. The zero-order valence-corrected chi connectivity index (χ0v) is 13.5. The first kappa shape index (κ1) is 17.4. The molecule has 20 heavy (non-hydrogen) atoms. The molecule has 0 amide bonds. The number of sulfone groups is 1. The highest BCUT2D eigenvalue weighted by atomic mass is 32.2. The summed E-state index contributed by atoms with van der Waals surface area (Å²) in [5.41, 5.74) is -0.840. The molecule has 1 fully saturated rings. The van der Waals surface area contributed by atoms with Gasteiger partial charge in [-0.1, -0.05) is 13.8 Å². The lowest BCUT2D eigenvalue weighted by Gasteiger charge is -2.35. The molecule has 0 aromatic heterocycles. The second kappa shape index (κ2) is 7.38. The molecule has 0 spiro atoms. The van der Waals surface area contributed by atoms with Gasteiger partial charge in [0.05, 0.1) is 18.6 Å². The van der Waals surface area contributed by atoms with Crippen LogP contribution in [0.3, 0.4) is 0 Å². The van der Waals surface area contributed by atoms with Crippen LogP contribution in [0.1, 0.15) is 26.7 Å². The maximum Gasteiger partial charge on any atom is 0.326 e. The third kappa shape index (κ3) is 4.43. The van der Waals surface area contributed by atoms with Crippen molar-refractivity contribution in [3.63, 3.8) is 0 Å². The Morgan fingerprint density at radius 3 is 2.25 bits per heavy atom. The maximum atomic E-state index is 12.0. The average Bonchev–Trinajstić information content (AvgIpc) is 2.45. The Hall–Kier alpha value is -0.660. The fourth-order valence-corrected chi connectivity index (χ4v) is 4.05. The molecule has 0 aliphatic carbocycles. The molecule has 0 aromatic rings. The van der Waals surface area contributed by atoms with Crippen LogP contribution < -0.4 is 5.32 Å². The Morgan fingerprint density at radius 1 is 1.25 bits per heavy atom.